The molecule has 0 saturated carbocycles. The summed E-state index contributed by atoms with van der Waals surface area (Å²) in [6.45, 7) is 1.91. The Labute approximate surface area is 201 Å². The maximum atomic E-state index is 14.0. The number of rotatable bonds is 4. The Kier molecular flexibility index (Phi) is 6.13. The van der Waals surface area contributed by atoms with Crippen molar-refractivity contribution in [3.8, 4) is 11.4 Å². The molecular weight excluding hydrogens is 455 g/mol. The molecule has 1 amide bonds. The van der Waals surface area contributed by atoms with Crippen molar-refractivity contribution in [2.45, 2.75) is 51.1 Å². The van der Waals surface area contributed by atoms with Crippen molar-refractivity contribution in [1.82, 2.24) is 14.5 Å². The van der Waals surface area contributed by atoms with E-state index < -0.39 is 23.5 Å². The van der Waals surface area contributed by atoms with E-state index >= 15 is 0 Å². The zero-order chi connectivity index (χ0) is 24.7. The molecule has 0 bridgehead atoms. The zero-order valence-corrected chi connectivity index (χ0v) is 19.6. The first kappa shape index (κ1) is 23.2. The van der Waals surface area contributed by atoms with Crippen LogP contribution in [0.4, 0.5) is 13.2 Å². The van der Waals surface area contributed by atoms with Gasteiger partial charge in [-0.3, -0.25) is 4.79 Å². The molecule has 8 heteroatoms. The van der Waals surface area contributed by atoms with Gasteiger partial charge in [0.2, 0.25) is 0 Å². The van der Waals surface area contributed by atoms with Gasteiger partial charge in [0, 0.05) is 17.8 Å². The minimum atomic E-state index is -1.49. The number of aryl methyl sites for hydroxylation is 1. The molecule has 182 valence electrons. The quantitative estimate of drug-likeness (QED) is 0.344. The molecule has 0 spiro atoms. The normalized spacial score (nSPS) is 21.3. The van der Waals surface area contributed by atoms with Crippen LogP contribution in [-0.4, -0.2) is 33.5 Å². The van der Waals surface area contributed by atoms with Crippen molar-refractivity contribution in [3.05, 3.63) is 82.7 Å². The van der Waals surface area contributed by atoms with Gasteiger partial charge in [-0.2, -0.15) is 0 Å². The number of nitrogens with zero attached hydrogens (tertiary/aromatic N) is 3. The van der Waals surface area contributed by atoms with E-state index in [1.54, 1.807) is 18.3 Å². The molecule has 2 aromatic carbocycles. The van der Waals surface area contributed by atoms with Crippen molar-refractivity contribution >= 4 is 12.0 Å². The van der Waals surface area contributed by atoms with Gasteiger partial charge in [0.15, 0.2) is 17.5 Å². The summed E-state index contributed by atoms with van der Waals surface area (Å²) in [4.78, 5) is 19.6. The van der Waals surface area contributed by atoms with E-state index in [4.69, 9.17) is 4.74 Å². The highest BCUT2D eigenvalue weighted by molar-refractivity contribution is 5.99. The van der Waals surface area contributed by atoms with Gasteiger partial charge in [0.1, 0.15) is 5.75 Å². The number of carbonyl (C=O) groups is 1. The van der Waals surface area contributed by atoms with Gasteiger partial charge in [0.25, 0.3) is 5.91 Å². The van der Waals surface area contributed by atoms with Crippen molar-refractivity contribution in [3.63, 3.8) is 0 Å². The van der Waals surface area contributed by atoms with Gasteiger partial charge in [-0.15, -0.1) is 0 Å². The molecule has 2 aliphatic heterocycles. The van der Waals surface area contributed by atoms with E-state index in [-0.39, 0.29) is 11.9 Å². The van der Waals surface area contributed by atoms with Crippen LogP contribution in [0.15, 0.2) is 48.4 Å². The summed E-state index contributed by atoms with van der Waals surface area (Å²) in [5.74, 6) is -3.46. The SMILES string of the molecule is COc1cc(C=C2CC[C@@H]3CCC[C@@H](c4cc(F)c(F)c(F)c4)N3C2=O)ccc1-n1cnc(C)c1. The summed E-state index contributed by atoms with van der Waals surface area (Å²) in [6.07, 6.45) is 9.10. The third-order valence-electron chi connectivity index (χ3n) is 6.93. The topological polar surface area (TPSA) is 47.4 Å². The molecule has 0 unspecified atom stereocenters. The van der Waals surface area contributed by atoms with Crippen LogP contribution in [0.1, 0.15) is 55.0 Å². The molecule has 0 radical (unpaired) electrons. The average Bonchev–Trinajstić information content (AvgIpc) is 3.29. The lowest BCUT2D eigenvalue weighted by atomic mass is 9.83. The van der Waals surface area contributed by atoms with Crippen molar-refractivity contribution < 1.29 is 22.7 Å². The monoisotopic (exact) mass is 481 g/mol. The van der Waals surface area contributed by atoms with Gasteiger partial charge >= 0.3 is 0 Å². The van der Waals surface area contributed by atoms with Gasteiger partial charge in [-0.1, -0.05) is 6.07 Å². The zero-order valence-electron chi connectivity index (χ0n) is 19.6. The van der Waals surface area contributed by atoms with Crippen LogP contribution in [0.5, 0.6) is 5.75 Å². The van der Waals surface area contributed by atoms with Gasteiger partial charge in [0.05, 0.1) is 30.9 Å². The predicted molar refractivity (Wildman–Crippen MR) is 126 cm³/mol. The second-order valence-corrected chi connectivity index (χ2v) is 9.17. The number of hydrogen-bond donors (Lipinski definition) is 0. The lowest BCUT2D eigenvalue weighted by molar-refractivity contribution is -0.136. The Bertz CT molecular complexity index is 1290. The highest BCUT2D eigenvalue weighted by Crippen LogP contribution is 2.41. The fourth-order valence-corrected chi connectivity index (χ4v) is 5.25. The van der Waals surface area contributed by atoms with Gasteiger partial charge < -0.3 is 14.2 Å². The van der Waals surface area contributed by atoms with Crippen molar-refractivity contribution in [1.29, 1.82) is 0 Å². The molecule has 1 aromatic heterocycles. The Morgan fingerprint density at radius 1 is 1.09 bits per heavy atom. The second kappa shape index (κ2) is 9.24. The number of ether oxygens (including phenoxy) is 1. The van der Waals surface area contributed by atoms with E-state index in [0.717, 1.165) is 48.3 Å². The molecule has 3 aromatic rings. The molecule has 2 fully saturated rings. The first-order chi connectivity index (χ1) is 16.9. The van der Waals surface area contributed by atoms with E-state index in [0.29, 0.717) is 29.7 Å². The van der Waals surface area contributed by atoms with Gasteiger partial charge in [-0.25, -0.2) is 18.2 Å². The smallest absolute Gasteiger partial charge is 0.250 e. The number of hydrogen-bond acceptors (Lipinski definition) is 3. The Morgan fingerprint density at radius 2 is 1.86 bits per heavy atom. The number of carbonyl (C=O) groups excluding carboxylic acids is 1. The van der Waals surface area contributed by atoms with Crippen LogP contribution >= 0.6 is 0 Å². The minimum Gasteiger partial charge on any atom is -0.495 e. The van der Waals surface area contributed by atoms with Crippen molar-refractivity contribution in [2.24, 2.45) is 0 Å². The van der Waals surface area contributed by atoms with Crippen molar-refractivity contribution in [2.75, 3.05) is 7.11 Å². The molecule has 0 aliphatic carbocycles. The Hall–Kier alpha value is -3.55. The Morgan fingerprint density at radius 3 is 2.54 bits per heavy atom. The number of benzene rings is 2. The first-order valence-corrected chi connectivity index (χ1v) is 11.7. The Balaban J connectivity index is 1.46. The second-order valence-electron chi connectivity index (χ2n) is 9.17. The minimum absolute atomic E-state index is 0.00373. The third-order valence-corrected chi connectivity index (χ3v) is 6.93. The standard InChI is InChI=1S/C27H26F3N3O2/c1-16-14-32(15-31-16)24-9-6-17(11-25(24)35-2)10-18-7-8-20-4-3-5-23(33(20)27(18)34)19-12-21(28)26(30)22(29)13-19/h6,9-15,20,23H,3-5,7-8H2,1-2H3/t20-,23-/m0/s1. The number of aromatic nitrogens is 2. The highest BCUT2D eigenvalue weighted by atomic mass is 19.2. The van der Waals surface area contributed by atoms with E-state index in [9.17, 15) is 18.0 Å². The number of methoxy groups -OCH3 is 1. The molecule has 5 rings (SSSR count). The van der Waals surface area contributed by atoms with E-state index in [2.05, 4.69) is 4.98 Å². The summed E-state index contributed by atoms with van der Waals surface area (Å²) in [7, 11) is 1.59. The third kappa shape index (κ3) is 4.33. The van der Waals surface area contributed by atoms with E-state index in [1.165, 1.54) is 0 Å². The lowest BCUT2D eigenvalue weighted by Crippen LogP contribution is -2.49. The predicted octanol–water partition coefficient (Wildman–Crippen LogP) is 5.91. The lowest BCUT2D eigenvalue weighted by Gasteiger charge is -2.46. The molecule has 0 N–H and O–H groups in total. The molecule has 5 nitrogen and oxygen atoms in total. The maximum absolute atomic E-state index is 14.0. The highest BCUT2D eigenvalue weighted by Gasteiger charge is 2.39. The summed E-state index contributed by atoms with van der Waals surface area (Å²) in [5, 5.41) is 0. The molecule has 3 heterocycles. The number of fused-ring (bicyclic) bond motifs is 1. The average molecular weight is 482 g/mol. The van der Waals surface area contributed by atoms with Crippen LogP contribution in [0.25, 0.3) is 11.8 Å². The fraction of sp³-hybridized carbons (Fsp3) is 0.333. The van der Waals surface area contributed by atoms with Gasteiger partial charge in [-0.05, 0) is 80.5 Å². The summed E-state index contributed by atoms with van der Waals surface area (Å²) < 4.78 is 48.9. The molecule has 35 heavy (non-hydrogen) atoms. The van der Waals surface area contributed by atoms with Crippen LogP contribution in [0.3, 0.4) is 0 Å². The number of amides is 1. The molecule has 2 saturated heterocycles. The summed E-state index contributed by atoms with van der Waals surface area (Å²) in [6, 6.07) is 7.23. The number of imidazole rings is 1. The molecular formula is C27H26F3N3O2. The van der Waals surface area contributed by atoms with Crippen LogP contribution < -0.4 is 4.74 Å². The van der Waals surface area contributed by atoms with Crippen LogP contribution in [-0.2, 0) is 4.79 Å². The maximum Gasteiger partial charge on any atom is 0.250 e. The van der Waals surface area contributed by atoms with E-state index in [1.807, 2.05) is 42.0 Å². The first-order valence-electron chi connectivity index (χ1n) is 11.7. The summed E-state index contributed by atoms with van der Waals surface area (Å²) >= 11 is 0. The van der Waals surface area contributed by atoms with Crippen LogP contribution in [0.2, 0.25) is 0 Å². The molecule has 2 aliphatic rings. The molecule has 2 atom stereocenters. The number of halogens is 3. The van der Waals surface area contributed by atoms with Crippen LogP contribution in [0, 0.1) is 24.4 Å². The largest absolute Gasteiger partial charge is 0.495 e. The fourth-order valence-electron chi connectivity index (χ4n) is 5.25. The summed E-state index contributed by atoms with van der Waals surface area (Å²) in [5.41, 5.74) is 3.46. The number of piperidine rings is 2.